The molecule has 0 unspecified atom stereocenters. The molecule has 3 nitrogen and oxygen atoms in total. The maximum atomic E-state index is 6.54. The minimum Gasteiger partial charge on any atom is -0.327 e. The molecule has 0 aliphatic rings. The fourth-order valence-electron chi connectivity index (χ4n) is 6.19. The van der Waals surface area contributed by atoms with Crippen LogP contribution in [0.2, 0.25) is 0 Å². The van der Waals surface area contributed by atoms with Crippen LogP contribution in [0.25, 0.3) is 0 Å². The van der Waals surface area contributed by atoms with Crippen LogP contribution in [0.15, 0.2) is 0 Å². The Bertz CT molecular complexity index is 443. The molecule has 44 heavy (non-hydrogen) atoms. The second kappa shape index (κ2) is 37.3. The van der Waals surface area contributed by atoms with Gasteiger partial charge in [0.2, 0.25) is 0 Å². The third-order valence-electron chi connectivity index (χ3n) is 9.30. The van der Waals surface area contributed by atoms with Gasteiger partial charge >= 0.3 is 0 Å². The van der Waals surface area contributed by atoms with Crippen LogP contribution in [0, 0.1) is 0 Å². The normalized spacial score (nSPS) is 12.0. The van der Waals surface area contributed by atoms with Crippen molar-refractivity contribution in [1.29, 1.82) is 0 Å². The van der Waals surface area contributed by atoms with Crippen LogP contribution in [-0.2, 0) is 14.2 Å². The van der Waals surface area contributed by atoms with Gasteiger partial charge in [0, 0.05) is 6.42 Å². The van der Waals surface area contributed by atoms with E-state index in [4.69, 9.17) is 14.2 Å². The van der Waals surface area contributed by atoms with Gasteiger partial charge in [0.25, 0.3) is 5.97 Å². The average Bonchev–Trinajstić information content (AvgIpc) is 3.04. The first-order valence-electron chi connectivity index (χ1n) is 20.7. The van der Waals surface area contributed by atoms with E-state index in [2.05, 4.69) is 27.7 Å². The molecule has 0 saturated carbocycles. The predicted octanol–water partition coefficient (Wildman–Crippen LogP) is 14.6. The summed E-state index contributed by atoms with van der Waals surface area (Å²) in [6.45, 7) is 11.4. The van der Waals surface area contributed by atoms with Gasteiger partial charge in [0.1, 0.15) is 0 Å². The molecule has 0 radical (unpaired) electrons. The van der Waals surface area contributed by atoms with Gasteiger partial charge in [-0.3, -0.25) is 0 Å². The molecule has 0 atom stereocenters. The van der Waals surface area contributed by atoms with E-state index in [9.17, 15) is 0 Å². The van der Waals surface area contributed by atoms with E-state index in [0.717, 1.165) is 58.3 Å². The number of hydrogen-bond acceptors (Lipinski definition) is 3. The molecule has 0 rings (SSSR count). The smallest absolute Gasteiger partial charge is 0.282 e. The van der Waals surface area contributed by atoms with E-state index in [1.165, 1.54) is 173 Å². The lowest BCUT2D eigenvalue weighted by molar-refractivity contribution is -0.384. The predicted molar refractivity (Wildman–Crippen MR) is 196 cm³/mol. The molecule has 0 aromatic rings. The van der Waals surface area contributed by atoms with E-state index < -0.39 is 5.97 Å². The van der Waals surface area contributed by atoms with Crippen LogP contribution >= 0.6 is 0 Å². The van der Waals surface area contributed by atoms with E-state index in [-0.39, 0.29) is 0 Å². The summed E-state index contributed by atoms with van der Waals surface area (Å²) in [5, 5.41) is 0. The Labute approximate surface area is 279 Å². The molecule has 266 valence electrons. The van der Waals surface area contributed by atoms with Crippen molar-refractivity contribution in [1.82, 2.24) is 0 Å². The van der Waals surface area contributed by atoms with Crippen LogP contribution in [0.4, 0.5) is 0 Å². The Hall–Kier alpha value is -0.120. The number of unbranched alkanes of at least 4 members (excludes halogenated alkanes) is 28. The second-order valence-corrected chi connectivity index (χ2v) is 13.9. The van der Waals surface area contributed by atoms with Gasteiger partial charge in [-0.1, -0.05) is 207 Å². The van der Waals surface area contributed by atoms with Crippen molar-refractivity contribution in [3.8, 4) is 0 Å². The van der Waals surface area contributed by atoms with E-state index in [1.807, 2.05) is 0 Å². The molecule has 0 aliphatic heterocycles. The third-order valence-corrected chi connectivity index (χ3v) is 9.30. The highest BCUT2D eigenvalue weighted by atomic mass is 16.9. The van der Waals surface area contributed by atoms with Crippen LogP contribution in [0.3, 0.4) is 0 Å². The Morgan fingerprint density at radius 2 is 0.455 bits per heavy atom. The SMILES string of the molecule is CCCCCCCCCCCCOC(CCCC)(OCCCCCCCCCCCC)OCCCCCCCCCCCC. The van der Waals surface area contributed by atoms with Crippen molar-refractivity contribution in [3.05, 3.63) is 0 Å². The van der Waals surface area contributed by atoms with Crippen LogP contribution in [-0.4, -0.2) is 25.8 Å². The number of ether oxygens (including phenoxy) is 3. The zero-order chi connectivity index (χ0) is 32.1. The number of rotatable bonds is 39. The van der Waals surface area contributed by atoms with Crippen LogP contribution in [0.1, 0.15) is 240 Å². The Balaban J connectivity index is 4.46. The summed E-state index contributed by atoms with van der Waals surface area (Å²) in [5.74, 6) is -0.826. The summed E-state index contributed by atoms with van der Waals surface area (Å²) >= 11 is 0. The first kappa shape index (κ1) is 43.9. The summed E-state index contributed by atoms with van der Waals surface area (Å²) < 4.78 is 19.6. The van der Waals surface area contributed by atoms with Gasteiger partial charge in [0.15, 0.2) is 0 Å². The van der Waals surface area contributed by atoms with E-state index in [1.54, 1.807) is 0 Å². The molecular weight excluding hydrogens is 540 g/mol. The molecule has 0 heterocycles. The Kier molecular flexibility index (Phi) is 37.2. The minimum atomic E-state index is -0.826. The van der Waals surface area contributed by atoms with Crippen LogP contribution < -0.4 is 0 Å². The largest absolute Gasteiger partial charge is 0.327 e. The van der Waals surface area contributed by atoms with Gasteiger partial charge in [-0.05, 0) is 25.7 Å². The van der Waals surface area contributed by atoms with Crippen molar-refractivity contribution in [2.45, 2.75) is 246 Å². The maximum absolute atomic E-state index is 6.54. The van der Waals surface area contributed by atoms with E-state index in [0.29, 0.717) is 0 Å². The number of hydrogen-bond donors (Lipinski definition) is 0. The fraction of sp³-hybridized carbons (Fsp3) is 1.00. The highest BCUT2D eigenvalue weighted by Crippen LogP contribution is 2.26. The summed E-state index contributed by atoms with van der Waals surface area (Å²) in [7, 11) is 0. The fourth-order valence-corrected chi connectivity index (χ4v) is 6.19. The molecular formula is C41H84O3. The van der Waals surface area contributed by atoms with Crippen molar-refractivity contribution in [2.75, 3.05) is 19.8 Å². The lowest BCUT2D eigenvalue weighted by Crippen LogP contribution is -2.40. The molecule has 0 spiro atoms. The standard InChI is InChI=1S/C41H84O3/c1-5-9-13-16-19-22-25-28-31-34-38-42-41(37-12-8-4,43-39-35-32-29-26-23-20-17-14-10-6-2)44-40-36-33-30-27-24-21-18-15-11-7-3/h5-40H2,1-4H3. The maximum Gasteiger partial charge on any atom is 0.282 e. The summed E-state index contributed by atoms with van der Waals surface area (Å²) in [5.41, 5.74) is 0. The monoisotopic (exact) mass is 625 g/mol. The molecule has 0 N–H and O–H groups in total. The molecule has 3 heteroatoms. The highest BCUT2D eigenvalue weighted by Gasteiger charge is 2.32. The van der Waals surface area contributed by atoms with Gasteiger partial charge < -0.3 is 14.2 Å². The quantitative estimate of drug-likeness (QED) is 0.0503. The van der Waals surface area contributed by atoms with Gasteiger partial charge in [-0.15, -0.1) is 0 Å². The Morgan fingerprint density at radius 3 is 0.682 bits per heavy atom. The third kappa shape index (κ3) is 31.8. The summed E-state index contributed by atoms with van der Waals surface area (Å²) in [4.78, 5) is 0. The molecule has 0 amide bonds. The lowest BCUT2D eigenvalue weighted by atomic mass is 10.1. The van der Waals surface area contributed by atoms with Gasteiger partial charge in [-0.25, -0.2) is 0 Å². The molecule has 0 saturated heterocycles. The van der Waals surface area contributed by atoms with Crippen molar-refractivity contribution < 1.29 is 14.2 Å². The van der Waals surface area contributed by atoms with Crippen molar-refractivity contribution >= 4 is 0 Å². The minimum absolute atomic E-state index is 0.760. The first-order valence-corrected chi connectivity index (χ1v) is 20.7. The second-order valence-electron chi connectivity index (χ2n) is 13.9. The lowest BCUT2D eigenvalue weighted by Gasteiger charge is -2.34. The molecule has 0 aromatic carbocycles. The van der Waals surface area contributed by atoms with Gasteiger partial charge in [0.05, 0.1) is 19.8 Å². The molecule has 0 aliphatic carbocycles. The molecule has 0 aromatic heterocycles. The summed E-state index contributed by atoms with van der Waals surface area (Å²) in [6.07, 6.45) is 43.5. The van der Waals surface area contributed by atoms with Gasteiger partial charge in [-0.2, -0.15) is 0 Å². The topological polar surface area (TPSA) is 27.7 Å². The average molecular weight is 625 g/mol. The first-order chi connectivity index (χ1) is 21.7. The van der Waals surface area contributed by atoms with Crippen molar-refractivity contribution in [3.63, 3.8) is 0 Å². The highest BCUT2D eigenvalue weighted by molar-refractivity contribution is 4.61. The van der Waals surface area contributed by atoms with Crippen LogP contribution in [0.5, 0.6) is 0 Å². The van der Waals surface area contributed by atoms with Crippen molar-refractivity contribution in [2.24, 2.45) is 0 Å². The Morgan fingerprint density at radius 1 is 0.250 bits per heavy atom. The zero-order valence-corrected chi connectivity index (χ0v) is 31.2. The summed E-state index contributed by atoms with van der Waals surface area (Å²) in [6, 6.07) is 0. The zero-order valence-electron chi connectivity index (χ0n) is 31.2. The van der Waals surface area contributed by atoms with E-state index >= 15 is 0 Å². The molecule has 0 bridgehead atoms. The molecule has 0 fully saturated rings.